The van der Waals surface area contributed by atoms with E-state index >= 15 is 0 Å². The van der Waals surface area contributed by atoms with Gasteiger partial charge >= 0.3 is 0 Å². The number of methoxy groups -OCH3 is 1. The fraction of sp³-hybridized carbons (Fsp3) is 0.448. The van der Waals surface area contributed by atoms with Gasteiger partial charge in [-0.2, -0.15) is 0 Å². The molecule has 1 atom stereocenters. The summed E-state index contributed by atoms with van der Waals surface area (Å²) in [6.07, 6.45) is 2.59. The van der Waals surface area contributed by atoms with Gasteiger partial charge in [0.05, 0.1) is 31.9 Å². The highest BCUT2D eigenvalue weighted by atomic mass is 16.5. The molecule has 8 nitrogen and oxygen atoms in total. The van der Waals surface area contributed by atoms with Crippen molar-refractivity contribution in [1.29, 1.82) is 0 Å². The number of Topliss-reactive ketones (excluding diaryl/α,β-unsaturated/α-hetero) is 1. The third kappa shape index (κ3) is 6.63. The number of likely N-dealkylation sites (tertiary alicyclic amines) is 1. The van der Waals surface area contributed by atoms with Crippen molar-refractivity contribution in [2.75, 3.05) is 47.5 Å². The Labute approximate surface area is 219 Å². The van der Waals surface area contributed by atoms with Crippen LogP contribution < -0.4 is 14.2 Å². The summed E-state index contributed by atoms with van der Waals surface area (Å²) in [5, 5.41) is 11.3. The van der Waals surface area contributed by atoms with E-state index in [-0.39, 0.29) is 11.3 Å². The van der Waals surface area contributed by atoms with E-state index in [2.05, 4.69) is 6.92 Å². The molecule has 2 aromatic carbocycles. The molecule has 1 heterocycles. The van der Waals surface area contributed by atoms with Crippen LogP contribution in [0.2, 0.25) is 0 Å². The topological polar surface area (TPSA) is 88.5 Å². The highest BCUT2D eigenvalue weighted by Crippen LogP contribution is 2.42. The first-order chi connectivity index (χ1) is 17.8. The Morgan fingerprint density at radius 3 is 2.49 bits per heavy atom. The lowest BCUT2D eigenvalue weighted by molar-refractivity contribution is -0.139. The third-order valence-electron chi connectivity index (χ3n) is 6.22. The lowest BCUT2D eigenvalue weighted by atomic mass is 9.95. The van der Waals surface area contributed by atoms with Gasteiger partial charge < -0.3 is 29.1 Å². The van der Waals surface area contributed by atoms with Gasteiger partial charge in [-0.3, -0.25) is 9.59 Å². The first-order valence-electron chi connectivity index (χ1n) is 12.8. The summed E-state index contributed by atoms with van der Waals surface area (Å²) in [4.78, 5) is 30.1. The van der Waals surface area contributed by atoms with Crippen LogP contribution in [0.15, 0.2) is 48.0 Å². The minimum atomic E-state index is -0.767. The smallest absolute Gasteiger partial charge is 0.295 e. The molecule has 0 aliphatic carbocycles. The number of nitrogens with zero attached hydrogens (tertiary/aromatic N) is 2. The van der Waals surface area contributed by atoms with E-state index in [9.17, 15) is 14.7 Å². The van der Waals surface area contributed by atoms with Crippen molar-refractivity contribution in [1.82, 2.24) is 9.80 Å². The fourth-order valence-corrected chi connectivity index (χ4v) is 4.37. The fourth-order valence-electron chi connectivity index (χ4n) is 4.37. The first-order valence-corrected chi connectivity index (χ1v) is 12.8. The molecular formula is C29H38N2O6. The van der Waals surface area contributed by atoms with E-state index < -0.39 is 17.7 Å². The minimum Gasteiger partial charge on any atom is -0.507 e. The van der Waals surface area contributed by atoms with E-state index in [0.717, 1.165) is 19.4 Å². The average Bonchev–Trinajstić information content (AvgIpc) is 3.13. The van der Waals surface area contributed by atoms with Crippen molar-refractivity contribution >= 4 is 17.4 Å². The van der Waals surface area contributed by atoms with Crippen molar-refractivity contribution < 1.29 is 28.9 Å². The third-order valence-corrected chi connectivity index (χ3v) is 6.22. The van der Waals surface area contributed by atoms with Crippen molar-refractivity contribution in [2.45, 2.75) is 39.2 Å². The Bertz CT molecular complexity index is 1130. The molecular weight excluding hydrogens is 472 g/mol. The van der Waals surface area contributed by atoms with E-state index in [1.165, 1.54) is 4.90 Å². The van der Waals surface area contributed by atoms with Crippen LogP contribution >= 0.6 is 0 Å². The number of ether oxygens (including phenoxy) is 3. The molecule has 1 N–H and O–H groups in total. The molecule has 0 aromatic heterocycles. The highest BCUT2D eigenvalue weighted by molar-refractivity contribution is 6.46. The van der Waals surface area contributed by atoms with Crippen LogP contribution in [0.25, 0.3) is 5.76 Å². The zero-order valence-corrected chi connectivity index (χ0v) is 22.5. The Morgan fingerprint density at radius 1 is 1.03 bits per heavy atom. The van der Waals surface area contributed by atoms with E-state index in [4.69, 9.17) is 14.2 Å². The van der Waals surface area contributed by atoms with Crippen LogP contribution in [-0.4, -0.2) is 74.1 Å². The van der Waals surface area contributed by atoms with Gasteiger partial charge in [-0.1, -0.05) is 31.5 Å². The van der Waals surface area contributed by atoms with Crippen LogP contribution in [0.1, 0.15) is 50.3 Å². The van der Waals surface area contributed by atoms with Crippen LogP contribution in [0.3, 0.4) is 0 Å². The molecule has 3 rings (SSSR count). The molecule has 1 amide bonds. The molecule has 37 heavy (non-hydrogen) atoms. The van der Waals surface area contributed by atoms with Crippen molar-refractivity contribution in [2.24, 2.45) is 0 Å². The Morgan fingerprint density at radius 2 is 1.81 bits per heavy atom. The number of carbonyl (C=O) groups is 2. The number of ketones is 1. The van der Waals surface area contributed by atoms with Crippen LogP contribution in [-0.2, 0) is 9.59 Å². The number of rotatable bonds is 13. The SMILES string of the molecule is CCCCOc1ccc(C2/C(=C(\O)c3cccc(OCC)c3)C(=O)C(=O)N2CCCN(C)C)cc1OC. The van der Waals surface area contributed by atoms with Crippen molar-refractivity contribution in [3.8, 4) is 17.2 Å². The van der Waals surface area contributed by atoms with Crippen molar-refractivity contribution in [3.05, 3.63) is 59.2 Å². The Hall–Kier alpha value is -3.52. The summed E-state index contributed by atoms with van der Waals surface area (Å²) in [6, 6.07) is 11.5. The summed E-state index contributed by atoms with van der Waals surface area (Å²) in [5.41, 5.74) is 1.12. The largest absolute Gasteiger partial charge is 0.507 e. The second-order valence-electron chi connectivity index (χ2n) is 9.22. The van der Waals surface area contributed by atoms with E-state index in [1.54, 1.807) is 43.5 Å². The predicted molar refractivity (Wildman–Crippen MR) is 143 cm³/mol. The molecule has 1 unspecified atom stereocenters. The van der Waals surface area contributed by atoms with Gasteiger partial charge in [0.15, 0.2) is 11.5 Å². The highest BCUT2D eigenvalue weighted by Gasteiger charge is 2.46. The Balaban J connectivity index is 2.09. The number of amides is 1. The molecule has 200 valence electrons. The van der Waals surface area contributed by atoms with Crippen molar-refractivity contribution in [3.63, 3.8) is 0 Å². The summed E-state index contributed by atoms with van der Waals surface area (Å²) in [7, 11) is 5.47. The van der Waals surface area contributed by atoms with Gasteiger partial charge in [-0.05, 0) is 70.2 Å². The van der Waals surface area contributed by atoms with E-state index in [1.807, 2.05) is 32.0 Å². The van der Waals surface area contributed by atoms with Gasteiger partial charge in [0.1, 0.15) is 11.5 Å². The van der Waals surface area contributed by atoms with Crippen LogP contribution in [0.4, 0.5) is 0 Å². The summed E-state index contributed by atoms with van der Waals surface area (Å²) in [5.74, 6) is 0.0882. The molecule has 1 fully saturated rings. The number of benzene rings is 2. The molecule has 8 heteroatoms. The maximum Gasteiger partial charge on any atom is 0.295 e. The number of aliphatic hydroxyl groups excluding tert-OH is 1. The lowest BCUT2D eigenvalue weighted by Crippen LogP contribution is -2.32. The molecule has 1 saturated heterocycles. The molecule has 0 radical (unpaired) electrons. The molecule has 0 spiro atoms. The maximum absolute atomic E-state index is 13.3. The quantitative estimate of drug-likeness (QED) is 0.182. The number of hydrogen-bond donors (Lipinski definition) is 1. The van der Waals surface area contributed by atoms with Gasteiger partial charge in [0.2, 0.25) is 0 Å². The molecule has 1 aliphatic heterocycles. The van der Waals surface area contributed by atoms with Gasteiger partial charge in [0.25, 0.3) is 11.7 Å². The zero-order valence-electron chi connectivity index (χ0n) is 22.5. The van der Waals surface area contributed by atoms with Gasteiger partial charge in [-0.25, -0.2) is 0 Å². The van der Waals surface area contributed by atoms with Crippen LogP contribution in [0.5, 0.6) is 17.2 Å². The average molecular weight is 511 g/mol. The summed E-state index contributed by atoms with van der Waals surface area (Å²) in [6.45, 7) is 6.10. The number of aliphatic hydroxyl groups is 1. The summed E-state index contributed by atoms with van der Waals surface area (Å²) >= 11 is 0. The molecule has 1 aliphatic rings. The number of carbonyl (C=O) groups excluding carboxylic acids is 2. The molecule has 0 bridgehead atoms. The second kappa shape index (κ2) is 13.1. The van der Waals surface area contributed by atoms with Crippen LogP contribution in [0, 0.1) is 0 Å². The predicted octanol–water partition coefficient (Wildman–Crippen LogP) is 4.65. The minimum absolute atomic E-state index is 0.0465. The number of unbranched alkanes of at least 4 members (excludes halogenated alkanes) is 1. The van der Waals surface area contributed by atoms with Gasteiger partial charge in [-0.15, -0.1) is 0 Å². The zero-order chi connectivity index (χ0) is 26.9. The van der Waals surface area contributed by atoms with Gasteiger partial charge in [0, 0.05) is 12.1 Å². The first kappa shape index (κ1) is 28.1. The second-order valence-corrected chi connectivity index (χ2v) is 9.22. The monoisotopic (exact) mass is 510 g/mol. The molecule has 0 saturated carbocycles. The molecule has 2 aromatic rings. The Kier molecular flexibility index (Phi) is 9.97. The van der Waals surface area contributed by atoms with E-state index in [0.29, 0.717) is 54.6 Å². The maximum atomic E-state index is 13.3. The number of hydrogen-bond acceptors (Lipinski definition) is 7. The standard InChI is InChI=1S/C29H38N2O6/c1-6-8-17-37-23-14-13-20(19-24(23)35-5)26-25(27(32)21-11-9-12-22(18-21)36-7-2)28(33)29(34)31(26)16-10-15-30(3)4/h9,11-14,18-19,26,32H,6-8,10,15-17H2,1-5H3/b27-25+. The lowest BCUT2D eigenvalue weighted by Gasteiger charge is -2.26. The summed E-state index contributed by atoms with van der Waals surface area (Å²) < 4.78 is 17.0. The normalized spacial score (nSPS) is 16.9.